The monoisotopic (exact) mass is 605 g/mol. The summed E-state index contributed by atoms with van der Waals surface area (Å²) in [4.78, 5) is 25.5. The summed E-state index contributed by atoms with van der Waals surface area (Å²) in [5.74, 6) is 1.63. The predicted molar refractivity (Wildman–Crippen MR) is 183 cm³/mol. The summed E-state index contributed by atoms with van der Waals surface area (Å²) in [6, 6.07) is 44.8. The Hall–Kier alpha value is -5.85. The van der Waals surface area contributed by atoms with E-state index in [0.717, 1.165) is 11.1 Å². The van der Waals surface area contributed by atoms with Crippen LogP contribution in [0.1, 0.15) is 21.6 Å². The maximum atomic E-state index is 5.08. The van der Waals surface area contributed by atoms with Crippen LogP contribution in [0.5, 0.6) is 0 Å². The van der Waals surface area contributed by atoms with Gasteiger partial charge in [0, 0.05) is 38.5 Å². The average Bonchev–Trinajstić information content (AvgIpc) is 3.76. The van der Waals surface area contributed by atoms with Crippen molar-refractivity contribution < 1.29 is 0 Å². The Morgan fingerprint density at radius 1 is 0.435 bits per heavy atom. The van der Waals surface area contributed by atoms with Gasteiger partial charge >= 0.3 is 0 Å². The number of aromatic nitrogens is 5. The Morgan fingerprint density at radius 3 is 1.65 bits per heavy atom. The maximum absolute atomic E-state index is 5.08. The number of benzene rings is 4. The van der Waals surface area contributed by atoms with Gasteiger partial charge < -0.3 is 0 Å². The van der Waals surface area contributed by atoms with Crippen LogP contribution in [0.3, 0.4) is 0 Å². The van der Waals surface area contributed by atoms with Gasteiger partial charge in [-0.2, -0.15) is 0 Å². The van der Waals surface area contributed by atoms with Crippen LogP contribution in [0.25, 0.3) is 66.8 Å². The molecule has 1 unspecified atom stereocenters. The topological polar surface area (TPSA) is 64.5 Å². The van der Waals surface area contributed by atoms with E-state index in [1.807, 2.05) is 47.7 Å². The molecule has 214 valence electrons. The van der Waals surface area contributed by atoms with Crippen LogP contribution in [-0.4, -0.2) is 24.9 Å². The molecule has 2 aliphatic carbocycles. The molecule has 4 aromatic heterocycles. The fourth-order valence-electron chi connectivity index (χ4n) is 7.49. The first-order valence-electron chi connectivity index (χ1n) is 15.3. The molecule has 8 aromatic rings. The number of rotatable bonds is 3. The zero-order valence-electron chi connectivity index (χ0n) is 24.4. The van der Waals surface area contributed by atoms with E-state index in [2.05, 4.69) is 101 Å². The summed E-state index contributed by atoms with van der Waals surface area (Å²) in [6.45, 7) is 0. The van der Waals surface area contributed by atoms with Crippen molar-refractivity contribution in [2.24, 2.45) is 0 Å². The second kappa shape index (κ2) is 9.57. The van der Waals surface area contributed by atoms with E-state index in [1.54, 1.807) is 12.4 Å². The highest BCUT2D eigenvalue weighted by Gasteiger charge is 2.53. The van der Waals surface area contributed by atoms with E-state index in [-0.39, 0.29) is 0 Å². The smallest absolute Gasteiger partial charge is 0.182 e. The Bertz CT molecular complexity index is 2430. The van der Waals surface area contributed by atoms with Crippen molar-refractivity contribution in [2.75, 3.05) is 0 Å². The van der Waals surface area contributed by atoms with E-state index >= 15 is 0 Å². The first-order chi connectivity index (χ1) is 22.8. The molecule has 1 spiro atoms. The molecular weight excluding hydrogens is 583 g/mol. The zero-order chi connectivity index (χ0) is 30.2. The quantitative estimate of drug-likeness (QED) is 0.201. The molecular formula is C40H23N5S. The summed E-state index contributed by atoms with van der Waals surface area (Å²) in [5, 5.41) is 1.31. The second-order valence-electron chi connectivity index (χ2n) is 11.6. The molecule has 0 N–H and O–H groups in total. The van der Waals surface area contributed by atoms with E-state index in [1.165, 1.54) is 48.3 Å². The SMILES string of the molecule is c1ccc(-c2nc(-c3ccccn3)nc(-c3cccc4c3-c3ccccc3C43c4ccccc4-c4c3sc3ccccc43)n2)nc1. The molecule has 0 saturated heterocycles. The third-order valence-corrected chi connectivity index (χ3v) is 10.6. The summed E-state index contributed by atoms with van der Waals surface area (Å²) >= 11 is 1.91. The Balaban J connectivity index is 1.30. The molecule has 4 aromatic carbocycles. The molecule has 5 nitrogen and oxygen atoms in total. The van der Waals surface area contributed by atoms with Gasteiger partial charge in [-0.1, -0.05) is 97.1 Å². The number of nitrogens with zero attached hydrogens (tertiary/aromatic N) is 5. The van der Waals surface area contributed by atoms with Gasteiger partial charge in [0.25, 0.3) is 0 Å². The van der Waals surface area contributed by atoms with Crippen molar-refractivity contribution in [2.45, 2.75) is 5.41 Å². The molecule has 6 heteroatoms. The van der Waals surface area contributed by atoms with Crippen molar-refractivity contribution in [1.29, 1.82) is 0 Å². The van der Waals surface area contributed by atoms with E-state index < -0.39 is 5.41 Å². The van der Waals surface area contributed by atoms with Crippen molar-refractivity contribution in [3.63, 3.8) is 0 Å². The number of hydrogen-bond acceptors (Lipinski definition) is 6. The molecule has 10 rings (SSSR count). The molecule has 0 bridgehead atoms. The highest BCUT2D eigenvalue weighted by Crippen LogP contribution is 2.66. The summed E-state index contributed by atoms with van der Waals surface area (Å²) in [7, 11) is 0. The fraction of sp³-hybridized carbons (Fsp3) is 0.0250. The van der Waals surface area contributed by atoms with Gasteiger partial charge in [0.15, 0.2) is 17.5 Å². The lowest BCUT2D eigenvalue weighted by Crippen LogP contribution is -2.24. The molecule has 0 aliphatic heterocycles. The molecule has 2 aliphatic rings. The van der Waals surface area contributed by atoms with Crippen LogP contribution in [0, 0.1) is 0 Å². The number of fused-ring (bicyclic) bond motifs is 12. The van der Waals surface area contributed by atoms with Gasteiger partial charge in [0.2, 0.25) is 0 Å². The van der Waals surface area contributed by atoms with Gasteiger partial charge in [-0.3, -0.25) is 9.97 Å². The molecule has 0 radical (unpaired) electrons. The number of thiophene rings is 1. The normalized spacial score (nSPS) is 15.5. The minimum absolute atomic E-state index is 0.446. The minimum Gasteiger partial charge on any atom is -0.253 e. The Morgan fingerprint density at radius 2 is 0.978 bits per heavy atom. The highest BCUT2D eigenvalue weighted by molar-refractivity contribution is 7.20. The zero-order valence-corrected chi connectivity index (χ0v) is 25.2. The van der Waals surface area contributed by atoms with E-state index in [0.29, 0.717) is 28.9 Å². The molecule has 0 amide bonds. The Kier molecular flexibility index (Phi) is 5.30. The van der Waals surface area contributed by atoms with Gasteiger partial charge in [-0.05, 0) is 63.7 Å². The Labute approximate surface area is 269 Å². The largest absolute Gasteiger partial charge is 0.253 e. The molecule has 1 atom stereocenters. The minimum atomic E-state index is -0.446. The molecule has 0 saturated carbocycles. The van der Waals surface area contributed by atoms with Crippen LogP contribution >= 0.6 is 11.3 Å². The third kappa shape index (κ3) is 3.36. The van der Waals surface area contributed by atoms with Crippen LogP contribution in [0.4, 0.5) is 0 Å². The molecule has 0 fully saturated rings. The lowest BCUT2D eigenvalue weighted by atomic mass is 9.74. The van der Waals surface area contributed by atoms with Crippen molar-refractivity contribution in [3.8, 4) is 56.7 Å². The standard InChI is InChI=1S/C40H23N5S/c1-4-16-28-24(12-1)34-27(37-43-38(31-19-7-9-22-41-31)45-39(44-37)32-20-8-10-23-42-32)15-11-18-30(34)40(28)29-17-5-2-13-25(29)35-26-14-3-6-21-33(26)46-36(35)40/h1-23H. The van der Waals surface area contributed by atoms with Gasteiger partial charge in [-0.25, -0.2) is 15.0 Å². The third-order valence-electron chi connectivity index (χ3n) is 9.27. The highest BCUT2D eigenvalue weighted by atomic mass is 32.1. The first-order valence-corrected chi connectivity index (χ1v) is 16.1. The van der Waals surface area contributed by atoms with Gasteiger partial charge in [0.1, 0.15) is 11.4 Å². The van der Waals surface area contributed by atoms with Crippen molar-refractivity contribution in [3.05, 3.63) is 161 Å². The van der Waals surface area contributed by atoms with Crippen molar-refractivity contribution in [1.82, 2.24) is 24.9 Å². The number of pyridine rings is 2. The van der Waals surface area contributed by atoms with Crippen LogP contribution in [0.15, 0.2) is 140 Å². The summed E-state index contributed by atoms with van der Waals surface area (Å²) in [5.41, 5.74) is 10.8. The predicted octanol–water partition coefficient (Wildman–Crippen LogP) is 9.22. The van der Waals surface area contributed by atoms with Crippen LogP contribution in [-0.2, 0) is 5.41 Å². The first kappa shape index (κ1) is 25.5. The maximum Gasteiger partial charge on any atom is 0.182 e. The van der Waals surface area contributed by atoms with Crippen LogP contribution < -0.4 is 0 Å². The average molecular weight is 606 g/mol. The van der Waals surface area contributed by atoms with Gasteiger partial charge in [0.05, 0.1) is 5.41 Å². The fourth-order valence-corrected chi connectivity index (χ4v) is 8.94. The lowest BCUT2D eigenvalue weighted by Gasteiger charge is -2.29. The second-order valence-corrected chi connectivity index (χ2v) is 12.7. The molecule has 4 heterocycles. The van der Waals surface area contributed by atoms with Gasteiger partial charge in [-0.15, -0.1) is 11.3 Å². The molecule has 46 heavy (non-hydrogen) atoms. The summed E-state index contributed by atoms with van der Waals surface area (Å²) in [6.07, 6.45) is 3.53. The lowest BCUT2D eigenvalue weighted by molar-refractivity contribution is 0.811. The van der Waals surface area contributed by atoms with E-state index in [9.17, 15) is 0 Å². The number of hydrogen-bond donors (Lipinski definition) is 0. The van der Waals surface area contributed by atoms with Crippen LogP contribution in [0.2, 0.25) is 0 Å². The van der Waals surface area contributed by atoms with Crippen molar-refractivity contribution >= 4 is 21.4 Å². The van der Waals surface area contributed by atoms with E-state index in [4.69, 9.17) is 15.0 Å². The summed E-state index contributed by atoms with van der Waals surface area (Å²) < 4.78 is 1.31.